The molecule has 1 aromatic carbocycles. The van der Waals surface area contributed by atoms with Crippen molar-refractivity contribution in [3.05, 3.63) is 54.2 Å². The predicted molar refractivity (Wildman–Crippen MR) is 54.9 cm³/mol. The Labute approximate surface area is 91.5 Å². The van der Waals surface area contributed by atoms with Gasteiger partial charge in [0.15, 0.2) is 12.4 Å². The number of ketones is 1. The first-order valence-corrected chi connectivity index (χ1v) is 4.71. The van der Waals surface area contributed by atoms with Crippen molar-refractivity contribution in [3.8, 4) is 5.75 Å². The van der Waals surface area contributed by atoms with Crippen molar-refractivity contribution in [2.75, 3.05) is 6.61 Å². The molecule has 0 aliphatic rings. The molecule has 0 atom stereocenters. The minimum atomic E-state index is -0.400. The first kappa shape index (κ1) is 10.4. The van der Waals surface area contributed by atoms with Crippen molar-refractivity contribution in [2.24, 2.45) is 0 Å². The monoisotopic (exact) mass is 220 g/mol. The van der Waals surface area contributed by atoms with Crippen LogP contribution >= 0.6 is 0 Å². The highest BCUT2D eigenvalue weighted by atomic mass is 19.1. The molecule has 0 spiro atoms. The lowest BCUT2D eigenvalue weighted by atomic mass is 10.3. The van der Waals surface area contributed by atoms with Gasteiger partial charge in [0.2, 0.25) is 5.78 Å². The van der Waals surface area contributed by atoms with Gasteiger partial charge in [-0.25, -0.2) is 4.39 Å². The number of halogens is 1. The van der Waals surface area contributed by atoms with Gasteiger partial charge in [0.25, 0.3) is 0 Å². The first-order valence-electron chi connectivity index (χ1n) is 4.71. The molecular weight excluding hydrogens is 211 g/mol. The number of furan rings is 1. The maximum atomic E-state index is 12.8. The fraction of sp³-hybridized carbons (Fsp3) is 0.0833. The molecule has 0 saturated heterocycles. The summed E-state index contributed by atoms with van der Waals surface area (Å²) in [5.74, 6) is -0.131. The van der Waals surface area contributed by atoms with E-state index in [1.54, 1.807) is 18.2 Å². The maximum Gasteiger partial charge on any atom is 0.235 e. The first-order chi connectivity index (χ1) is 7.75. The summed E-state index contributed by atoms with van der Waals surface area (Å²) in [7, 11) is 0. The molecule has 82 valence electrons. The smallest absolute Gasteiger partial charge is 0.235 e. The third-order valence-electron chi connectivity index (χ3n) is 1.96. The number of rotatable bonds is 4. The van der Waals surface area contributed by atoms with Crippen LogP contribution in [0.25, 0.3) is 0 Å². The third kappa shape index (κ3) is 2.48. The molecule has 0 aliphatic carbocycles. The molecule has 0 unspecified atom stereocenters. The van der Waals surface area contributed by atoms with Crippen LogP contribution in [-0.4, -0.2) is 12.4 Å². The second-order valence-electron chi connectivity index (χ2n) is 3.15. The summed E-state index contributed by atoms with van der Waals surface area (Å²) >= 11 is 0. The van der Waals surface area contributed by atoms with Crippen molar-refractivity contribution in [1.82, 2.24) is 0 Å². The van der Waals surface area contributed by atoms with Gasteiger partial charge < -0.3 is 9.15 Å². The van der Waals surface area contributed by atoms with Crippen molar-refractivity contribution in [2.45, 2.75) is 0 Å². The second-order valence-corrected chi connectivity index (χ2v) is 3.15. The van der Waals surface area contributed by atoms with E-state index in [0.717, 1.165) is 0 Å². The summed E-state index contributed by atoms with van der Waals surface area (Å²) < 4.78 is 22.8. The highest BCUT2D eigenvalue weighted by Gasteiger charge is 2.09. The quantitative estimate of drug-likeness (QED) is 0.743. The van der Waals surface area contributed by atoms with Crippen LogP contribution in [-0.2, 0) is 0 Å². The molecular formula is C12H9FO3. The second kappa shape index (κ2) is 4.61. The Morgan fingerprint density at radius 1 is 1.31 bits per heavy atom. The van der Waals surface area contributed by atoms with E-state index >= 15 is 0 Å². The normalized spacial score (nSPS) is 10.1. The van der Waals surface area contributed by atoms with Crippen molar-refractivity contribution >= 4 is 5.78 Å². The minimum absolute atomic E-state index is 0.170. The van der Waals surface area contributed by atoms with Crippen LogP contribution < -0.4 is 4.74 Å². The van der Waals surface area contributed by atoms with Crippen LogP contribution in [0.5, 0.6) is 5.75 Å². The Morgan fingerprint density at radius 2 is 2.19 bits per heavy atom. The van der Waals surface area contributed by atoms with Gasteiger partial charge in [-0.15, -0.1) is 0 Å². The molecule has 0 N–H and O–H groups in total. The summed E-state index contributed by atoms with van der Waals surface area (Å²) in [6.07, 6.45) is 1.41. The van der Waals surface area contributed by atoms with Crippen LogP contribution in [0.15, 0.2) is 47.1 Å². The van der Waals surface area contributed by atoms with Crippen LogP contribution in [0.2, 0.25) is 0 Å². The van der Waals surface area contributed by atoms with Gasteiger partial charge in [-0.3, -0.25) is 4.79 Å². The molecule has 0 amide bonds. The van der Waals surface area contributed by atoms with Crippen molar-refractivity contribution < 1.29 is 18.3 Å². The predicted octanol–water partition coefficient (Wildman–Crippen LogP) is 2.68. The number of carbonyl (C=O) groups excluding carboxylic acids is 1. The summed E-state index contributed by atoms with van der Waals surface area (Å²) in [5, 5.41) is 0. The fourth-order valence-corrected chi connectivity index (χ4v) is 1.21. The zero-order valence-electron chi connectivity index (χ0n) is 8.35. The van der Waals surface area contributed by atoms with E-state index in [2.05, 4.69) is 0 Å². The van der Waals surface area contributed by atoms with Gasteiger partial charge in [0.05, 0.1) is 6.26 Å². The van der Waals surface area contributed by atoms with Gasteiger partial charge >= 0.3 is 0 Å². The van der Waals surface area contributed by atoms with Crippen LogP contribution in [0, 0.1) is 5.82 Å². The average molecular weight is 220 g/mol. The van der Waals surface area contributed by atoms with Gasteiger partial charge in [-0.05, 0) is 24.3 Å². The lowest BCUT2D eigenvalue weighted by Crippen LogP contribution is -2.10. The molecule has 1 heterocycles. The Bertz CT molecular complexity index is 477. The van der Waals surface area contributed by atoms with Gasteiger partial charge in [0, 0.05) is 6.07 Å². The van der Waals surface area contributed by atoms with E-state index in [4.69, 9.17) is 9.15 Å². The average Bonchev–Trinajstić information content (AvgIpc) is 2.79. The van der Waals surface area contributed by atoms with E-state index in [1.807, 2.05) is 0 Å². The standard InChI is InChI=1S/C12H9FO3/c13-9-3-1-4-10(7-9)16-8-11(14)12-5-2-6-15-12/h1-7H,8H2. The minimum Gasteiger partial charge on any atom is -0.485 e. The van der Waals surface area contributed by atoms with Gasteiger partial charge in [-0.2, -0.15) is 0 Å². The molecule has 4 heteroatoms. The van der Waals surface area contributed by atoms with E-state index in [-0.39, 0.29) is 18.2 Å². The summed E-state index contributed by atoms with van der Waals surface area (Å²) in [5.41, 5.74) is 0. The third-order valence-corrected chi connectivity index (χ3v) is 1.96. The lowest BCUT2D eigenvalue weighted by molar-refractivity contribution is 0.0893. The number of Topliss-reactive ketones (excluding diaryl/α,β-unsaturated/α-hetero) is 1. The summed E-state index contributed by atoms with van der Waals surface area (Å²) in [6.45, 7) is -0.170. The highest BCUT2D eigenvalue weighted by Crippen LogP contribution is 2.12. The summed E-state index contributed by atoms with van der Waals surface area (Å²) in [6, 6.07) is 8.80. The number of benzene rings is 1. The van der Waals surface area contributed by atoms with E-state index in [0.29, 0.717) is 5.75 Å². The van der Waals surface area contributed by atoms with Crippen LogP contribution in [0.3, 0.4) is 0 Å². The molecule has 2 aromatic rings. The SMILES string of the molecule is O=C(COc1cccc(F)c1)c1ccco1. The van der Waals surface area contributed by atoms with E-state index < -0.39 is 5.82 Å². The molecule has 1 aromatic heterocycles. The van der Waals surface area contributed by atoms with E-state index in [1.165, 1.54) is 24.5 Å². The summed E-state index contributed by atoms with van der Waals surface area (Å²) in [4.78, 5) is 11.5. The molecule has 16 heavy (non-hydrogen) atoms. The lowest BCUT2D eigenvalue weighted by Gasteiger charge is -2.03. The van der Waals surface area contributed by atoms with E-state index in [9.17, 15) is 9.18 Å². The highest BCUT2D eigenvalue weighted by molar-refractivity contribution is 5.94. The Hall–Kier alpha value is -2.10. The molecule has 0 radical (unpaired) electrons. The molecule has 3 nitrogen and oxygen atoms in total. The van der Waals surface area contributed by atoms with Crippen molar-refractivity contribution in [3.63, 3.8) is 0 Å². The zero-order chi connectivity index (χ0) is 11.4. The zero-order valence-corrected chi connectivity index (χ0v) is 8.35. The number of hydrogen-bond acceptors (Lipinski definition) is 3. The molecule has 0 saturated carbocycles. The Kier molecular flexibility index (Phi) is 3.00. The topological polar surface area (TPSA) is 39.4 Å². The number of hydrogen-bond donors (Lipinski definition) is 0. The Morgan fingerprint density at radius 3 is 2.88 bits per heavy atom. The molecule has 0 fully saturated rings. The van der Waals surface area contributed by atoms with Gasteiger partial charge in [0.1, 0.15) is 11.6 Å². The molecule has 0 aliphatic heterocycles. The maximum absolute atomic E-state index is 12.8. The molecule has 2 rings (SSSR count). The number of ether oxygens (including phenoxy) is 1. The number of carbonyl (C=O) groups is 1. The van der Waals surface area contributed by atoms with Crippen LogP contribution in [0.4, 0.5) is 4.39 Å². The van der Waals surface area contributed by atoms with Gasteiger partial charge in [-0.1, -0.05) is 6.07 Å². The Balaban J connectivity index is 1.95. The fourth-order valence-electron chi connectivity index (χ4n) is 1.21. The molecule has 0 bridgehead atoms. The van der Waals surface area contributed by atoms with Crippen molar-refractivity contribution in [1.29, 1.82) is 0 Å². The largest absolute Gasteiger partial charge is 0.485 e. The van der Waals surface area contributed by atoms with Crippen LogP contribution in [0.1, 0.15) is 10.6 Å².